The summed E-state index contributed by atoms with van der Waals surface area (Å²) in [6.45, 7) is 3.14. The van der Waals surface area contributed by atoms with Crippen LogP contribution < -0.4 is 15.0 Å². The van der Waals surface area contributed by atoms with E-state index in [2.05, 4.69) is 5.32 Å². The highest BCUT2D eigenvalue weighted by molar-refractivity contribution is 5.92. The first-order chi connectivity index (χ1) is 11.1. The van der Waals surface area contributed by atoms with E-state index < -0.39 is 0 Å². The average Bonchev–Trinajstić information content (AvgIpc) is 3.06. The predicted octanol–water partition coefficient (Wildman–Crippen LogP) is 1.73. The first-order valence-corrected chi connectivity index (χ1v) is 7.90. The molecule has 0 saturated carbocycles. The Bertz CT molecular complexity index is 541. The van der Waals surface area contributed by atoms with Gasteiger partial charge in [-0.05, 0) is 25.0 Å². The van der Waals surface area contributed by atoms with Crippen LogP contribution in [-0.4, -0.2) is 44.7 Å². The quantitative estimate of drug-likeness (QED) is 0.831. The number of methoxy groups -OCH3 is 1. The minimum absolute atomic E-state index is 0.0744. The van der Waals surface area contributed by atoms with Gasteiger partial charge in [0.15, 0.2) is 0 Å². The van der Waals surface area contributed by atoms with Crippen molar-refractivity contribution in [3.8, 4) is 5.75 Å². The van der Waals surface area contributed by atoms with Gasteiger partial charge in [0.05, 0.1) is 13.2 Å². The highest BCUT2D eigenvalue weighted by Crippen LogP contribution is 2.21. The van der Waals surface area contributed by atoms with Crippen LogP contribution in [0.25, 0.3) is 0 Å². The Morgan fingerprint density at radius 3 is 2.91 bits per heavy atom. The Balaban J connectivity index is 1.86. The fourth-order valence-electron chi connectivity index (χ4n) is 2.58. The van der Waals surface area contributed by atoms with Crippen molar-refractivity contribution in [2.75, 3.05) is 31.7 Å². The van der Waals surface area contributed by atoms with Crippen molar-refractivity contribution in [3.63, 3.8) is 0 Å². The molecule has 1 N–H and O–H groups in total. The van der Waals surface area contributed by atoms with E-state index in [-0.39, 0.29) is 24.3 Å². The van der Waals surface area contributed by atoms with Gasteiger partial charge in [-0.3, -0.25) is 9.59 Å². The number of ether oxygens (including phenoxy) is 2. The molecule has 1 saturated heterocycles. The normalized spacial score (nSPS) is 16.9. The van der Waals surface area contributed by atoms with E-state index in [4.69, 9.17) is 9.47 Å². The number of hydrogen-bond acceptors (Lipinski definition) is 4. The lowest BCUT2D eigenvalue weighted by molar-refractivity contribution is -0.121. The van der Waals surface area contributed by atoms with Crippen LogP contribution in [0.3, 0.4) is 0 Å². The zero-order chi connectivity index (χ0) is 16.7. The van der Waals surface area contributed by atoms with Gasteiger partial charge in [-0.15, -0.1) is 0 Å². The fourth-order valence-corrected chi connectivity index (χ4v) is 2.58. The van der Waals surface area contributed by atoms with Gasteiger partial charge >= 0.3 is 0 Å². The largest absolute Gasteiger partial charge is 0.497 e. The van der Waals surface area contributed by atoms with Gasteiger partial charge < -0.3 is 19.7 Å². The molecule has 1 aliphatic rings. The minimum atomic E-state index is -0.106. The van der Waals surface area contributed by atoms with Crippen LogP contribution in [0.2, 0.25) is 0 Å². The molecule has 1 heterocycles. The Hall–Kier alpha value is -2.08. The Kier molecular flexibility index (Phi) is 6.40. The molecule has 6 heteroatoms. The van der Waals surface area contributed by atoms with Crippen molar-refractivity contribution in [2.24, 2.45) is 0 Å². The molecule has 1 aliphatic heterocycles. The van der Waals surface area contributed by atoms with E-state index in [0.29, 0.717) is 18.8 Å². The maximum Gasteiger partial charge on any atom is 0.223 e. The molecule has 1 unspecified atom stereocenters. The molecule has 0 radical (unpaired) electrons. The Labute approximate surface area is 136 Å². The summed E-state index contributed by atoms with van der Waals surface area (Å²) in [5.74, 6) is 0.497. The summed E-state index contributed by atoms with van der Waals surface area (Å²) in [5.41, 5.74) is 0.726. The first-order valence-electron chi connectivity index (χ1n) is 7.90. The van der Waals surface area contributed by atoms with Crippen molar-refractivity contribution in [1.82, 2.24) is 5.32 Å². The number of carbonyl (C=O) groups excluding carboxylic acids is 2. The van der Waals surface area contributed by atoms with Crippen LogP contribution in [0, 0.1) is 0 Å². The number of nitrogens with one attached hydrogen (secondary N) is 1. The molecule has 6 nitrogen and oxygen atoms in total. The number of hydrogen-bond donors (Lipinski definition) is 1. The monoisotopic (exact) mass is 320 g/mol. The van der Waals surface area contributed by atoms with Crippen LogP contribution >= 0.6 is 0 Å². The van der Waals surface area contributed by atoms with Crippen molar-refractivity contribution in [3.05, 3.63) is 24.3 Å². The number of benzene rings is 1. The predicted molar refractivity (Wildman–Crippen MR) is 87.6 cm³/mol. The second-order valence-electron chi connectivity index (χ2n) is 5.56. The third kappa shape index (κ3) is 5.25. The Morgan fingerprint density at radius 2 is 2.26 bits per heavy atom. The summed E-state index contributed by atoms with van der Waals surface area (Å²) >= 11 is 0. The van der Waals surface area contributed by atoms with Crippen molar-refractivity contribution >= 4 is 17.5 Å². The zero-order valence-corrected chi connectivity index (χ0v) is 13.7. The number of amides is 2. The van der Waals surface area contributed by atoms with Crippen LogP contribution in [-0.2, 0) is 14.3 Å². The molecule has 2 amide bonds. The molecule has 0 spiro atoms. The molecule has 23 heavy (non-hydrogen) atoms. The van der Waals surface area contributed by atoms with Crippen LogP contribution in [0.1, 0.15) is 26.2 Å². The standard InChI is InChI=1S/C17H24N2O4/c1-13(20)19(14-5-3-6-15(11-14)22-2)9-8-17(21)18-12-16-7-4-10-23-16/h3,5-6,11,16H,4,7-10,12H2,1-2H3,(H,18,21). The fraction of sp³-hybridized carbons (Fsp3) is 0.529. The lowest BCUT2D eigenvalue weighted by Gasteiger charge is -2.21. The first kappa shape index (κ1) is 17.3. The van der Waals surface area contributed by atoms with Gasteiger partial charge in [-0.2, -0.15) is 0 Å². The van der Waals surface area contributed by atoms with Gasteiger partial charge in [-0.1, -0.05) is 6.07 Å². The van der Waals surface area contributed by atoms with E-state index in [1.165, 1.54) is 6.92 Å². The van der Waals surface area contributed by atoms with Gasteiger partial charge in [0.25, 0.3) is 0 Å². The zero-order valence-electron chi connectivity index (χ0n) is 13.7. The highest BCUT2D eigenvalue weighted by atomic mass is 16.5. The van der Waals surface area contributed by atoms with Crippen molar-refractivity contribution in [2.45, 2.75) is 32.3 Å². The smallest absolute Gasteiger partial charge is 0.223 e. The number of rotatable bonds is 7. The molecule has 126 valence electrons. The number of nitrogens with zero attached hydrogens (tertiary/aromatic N) is 1. The average molecular weight is 320 g/mol. The molecule has 1 aromatic carbocycles. The van der Waals surface area contributed by atoms with Crippen LogP contribution in [0.15, 0.2) is 24.3 Å². The molecule has 0 bridgehead atoms. The molecule has 0 aliphatic carbocycles. The molecule has 1 atom stereocenters. The summed E-state index contributed by atoms with van der Waals surface area (Å²) in [6, 6.07) is 7.25. The van der Waals surface area contributed by atoms with Gasteiger partial charge in [-0.25, -0.2) is 0 Å². The molecular formula is C17H24N2O4. The van der Waals surface area contributed by atoms with Crippen LogP contribution in [0.5, 0.6) is 5.75 Å². The van der Waals surface area contributed by atoms with Gasteiger partial charge in [0.1, 0.15) is 5.75 Å². The summed E-state index contributed by atoms with van der Waals surface area (Å²) in [4.78, 5) is 25.4. The van der Waals surface area contributed by atoms with Crippen molar-refractivity contribution < 1.29 is 19.1 Å². The Morgan fingerprint density at radius 1 is 1.43 bits per heavy atom. The minimum Gasteiger partial charge on any atom is -0.497 e. The summed E-state index contributed by atoms with van der Waals surface area (Å²) < 4.78 is 10.6. The van der Waals surface area contributed by atoms with E-state index >= 15 is 0 Å². The summed E-state index contributed by atoms with van der Waals surface area (Å²) in [6.07, 6.45) is 2.42. The van der Waals surface area contributed by atoms with E-state index in [9.17, 15) is 9.59 Å². The lowest BCUT2D eigenvalue weighted by Crippen LogP contribution is -2.36. The van der Waals surface area contributed by atoms with Gasteiger partial charge in [0.2, 0.25) is 11.8 Å². The second-order valence-corrected chi connectivity index (χ2v) is 5.56. The second kappa shape index (κ2) is 8.53. The molecule has 2 rings (SSSR count). The molecule has 1 aromatic rings. The topological polar surface area (TPSA) is 67.9 Å². The maximum atomic E-state index is 12.0. The van der Waals surface area contributed by atoms with Crippen molar-refractivity contribution in [1.29, 1.82) is 0 Å². The van der Waals surface area contributed by atoms with E-state index in [1.807, 2.05) is 18.2 Å². The summed E-state index contributed by atoms with van der Waals surface area (Å²) in [5, 5.41) is 2.87. The van der Waals surface area contributed by atoms with Crippen LogP contribution in [0.4, 0.5) is 5.69 Å². The molecule has 1 fully saturated rings. The van der Waals surface area contributed by atoms with E-state index in [0.717, 1.165) is 25.1 Å². The molecule has 0 aromatic heterocycles. The molecular weight excluding hydrogens is 296 g/mol. The third-order valence-corrected chi connectivity index (χ3v) is 3.86. The summed E-state index contributed by atoms with van der Waals surface area (Å²) in [7, 11) is 1.58. The maximum absolute atomic E-state index is 12.0. The highest BCUT2D eigenvalue weighted by Gasteiger charge is 2.17. The van der Waals surface area contributed by atoms with Gasteiger partial charge in [0, 0.05) is 44.8 Å². The van der Waals surface area contributed by atoms with E-state index in [1.54, 1.807) is 18.1 Å². The third-order valence-electron chi connectivity index (χ3n) is 3.86. The number of anilines is 1. The SMILES string of the molecule is COc1cccc(N(CCC(=O)NCC2CCCO2)C(C)=O)c1. The number of carbonyl (C=O) groups is 2. The lowest BCUT2D eigenvalue weighted by atomic mass is 10.2.